The lowest BCUT2D eigenvalue weighted by molar-refractivity contribution is 0.402. The molecule has 6 heteroatoms. The molecule has 1 N–H and O–H groups in total. The number of aliphatic hydroxyl groups is 1. The highest BCUT2D eigenvalue weighted by Gasteiger charge is 2.19. The largest absolute Gasteiger partial charge is 0.510 e. The number of nitrogens with zero attached hydrogens (tertiary/aromatic N) is 2. The Balaban J connectivity index is 1.88. The molecule has 0 spiro atoms. The van der Waals surface area contributed by atoms with Crippen molar-refractivity contribution >= 4 is 38.9 Å². The zero-order valence-corrected chi connectivity index (χ0v) is 15.4. The number of hydrogen-bond donors (Lipinski definition) is 1. The third-order valence-corrected chi connectivity index (χ3v) is 5.81. The van der Waals surface area contributed by atoms with Gasteiger partial charge < -0.3 is 9.84 Å². The van der Waals surface area contributed by atoms with Crippen LogP contribution < -0.4 is 4.74 Å². The van der Waals surface area contributed by atoms with Gasteiger partial charge in [0.25, 0.3) is 0 Å². The molecule has 0 bridgehead atoms. The van der Waals surface area contributed by atoms with Crippen molar-refractivity contribution < 1.29 is 9.84 Å². The Morgan fingerprint density at radius 3 is 2.60 bits per heavy atom. The normalized spacial score (nSPS) is 13.2. The molecule has 1 aromatic heterocycles. The molecule has 1 heterocycles. The maximum atomic E-state index is 10.6. The van der Waals surface area contributed by atoms with E-state index in [0.29, 0.717) is 5.01 Å². The molecular weight excluding hydrogens is 352 g/mol. The molecule has 3 rings (SSSR count). The summed E-state index contributed by atoms with van der Waals surface area (Å²) < 4.78 is 6.14. The summed E-state index contributed by atoms with van der Waals surface area (Å²) >= 11 is 2.89. The van der Waals surface area contributed by atoms with E-state index in [-0.39, 0.29) is 16.6 Å². The fourth-order valence-electron chi connectivity index (χ4n) is 2.31. The average Bonchev–Trinajstić information content (AvgIpc) is 3.06. The van der Waals surface area contributed by atoms with Crippen LogP contribution >= 0.6 is 23.1 Å². The molecule has 3 aromatic rings. The number of nitriles is 1. The van der Waals surface area contributed by atoms with E-state index in [0.717, 1.165) is 20.9 Å². The van der Waals surface area contributed by atoms with Gasteiger partial charge in [0.1, 0.15) is 28.2 Å². The van der Waals surface area contributed by atoms with E-state index in [1.165, 1.54) is 23.1 Å². The van der Waals surface area contributed by atoms with Gasteiger partial charge in [-0.1, -0.05) is 12.1 Å². The molecule has 25 heavy (non-hydrogen) atoms. The standard InChI is InChI=1S/C19H16N2O2S2/c1-12(24-14-9-7-13(23-2)8-10-14)18(22)15(11-20)19-21-16-5-3-4-6-17(16)25-19/h3-10,12,22H,1-2H3/b18-15-. The van der Waals surface area contributed by atoms with Crippen LogP contribution in [-0.4, -0.2) is 22.5 Å². The molecule has 0 saturated heterocycles. The molecule has 0 radical (unpaired) electrons. The van der Waals surface area contributed by atoms with Gasteiger partial charge in [-0.15, -0.1) is 23.1 Å². The van der Waals surface area contributed by atoms with Crippen LogP contribution in [0.2, 0.25) is 0 Å². The monoisotopic (exact) mass is 368 g/mol. The van der Waals surface area contributed by atoms with Crippen molar-refractivity contribution in [1.82, 2.24) is 4.98 Å². The third-order valence-electron chi connectivity index (χ3n) is 3.63. The first-order valence-corrected chi connectivity index (χ1v) is 9.32. The van der Waals surface area contributed by atoms with Crippen LogP contribution in [0.15, 0.2) is 59.2 Å². The lowest BCUT2D eigenvalue weighted by Crippen LogP contribution is -2.03. The molecule has 0 aliphatic carbocycles. The van der Waals surface area contributed by atoms with Crippen LogP contribution in [0.5, 0.6) is 5.75 Å². The molecule has 1 unspecified atom stereocenters. The van der Waals surface area contributed by atoms with Crippen LogP contribution in [0.25, 0.3) is 15.8 Å². The van der Waals surface area contributed by atoms with Gasteiger partial charge in [0.15, 0.2) is 0 Å². The zero-order valence-electron chi connectivity index (χ0n) is 13.8. The van der Waals surface area contributed by atoms with Crippen LogP contribution in [-0.2, 0) is 0 Å². The first-order valence-electron chi connectivity index (χ1n) is 7.62. The number of methoxy groups -OCH3 is 1. The lowest BCUT2D eigenvalue weighted by atomic mass is 10.2. The third kappa shape index (κ3) is 3.78. The summed E-state index contributed by atoms with van der Waals surface area (Å²) in [6.45, 7) is 1.87. The number of thiazole rings is 1. The second-order valence-electron chi connectivity index (χ2n) is 5.29. The van der Waals surface area contributed by atoms with E-state index in [9.17, 15) is 10.4 Å². The van der Waals surface area contributed by atoms with E-state index >= 15 is 0 Å². The topological polar surface area (TPSA) is 66.1 Å². The Morgan fingerprint density at radius 1 is 1.24 bits per heavy atom. The maximum absolute atomic E-state index is 10.6. The van der Waals surface area contributed by atoms with Gasteiger partial charge in [-0.2, -0.15) is 5.26 Å². The minimum Gasteiger partial charge on any atom is -0.510 e. The summed E-state index contributed by atoms with van der Waals surface area (Å²) in [7, 11) is 1.62. The Hall–Kier alpha value is -2.49. The number of thioether (sulfide) groups is 1. The van der Waals surface area contributed by atoms with E-state index in [1.54, 1.807) is 7.11 Å². The summed E-state index contributed by atoms with van der Waals surface area (Å²) in [5.74, 6) is 0.825. The summed E-state index contributed by atoms with van der Waals surface area (Å²) in [6.07, 6.45) is 0. The molecule has 0 amide bonds. The molecule has 0 fully saturated rings. The van der Waals surface area contributed by atoms with Crippen molar-refractivity contribution in [1.29, 1.82) is 5.26 Å². The van der Waals surface area contributed by atoms with Crippen LogP contribution in [0.1, 0.15) is 11.9 Å². The Labute approximate surface area is 154 Å². The highest BCUT2D eigenvalue weighted by atomic mass is 32.2. The maximum Gasteiger partial charge on any atom is 0.138 e. The van der Waals surface area contributed by atoms with Gasteiger partial charge in [-0.3, -0.25) is 0 Å². The molecule has 0 aliphatic rings. The number of ether oxygens (including phenoxy) is 1. The van der Waals surface area contributed by atoms with E-state index in [1.807, 2.05) is 55.5 Å². The highest BCUT2D eigenvalue weighted by Crippen LogP contribution is 2.33. The number of fused-ring (bicyclic) bond motifs is 1. The molecule has 0 aliphatic heterocycles. The minimum absolute atomic E-state index is 0.0439. The quantitative estimate of drug-likeness (QED) is 0.377. The van der Waals surface area contributed by atoms with E-state index < -0.39 is 0 Å². The summed E-state index contributed by atoms with van der Waals surface area (Å²) in [4.78, 5) is 5.46. The van der Waals surface area contributed by atoms with Crippen molar-refractivity contribution in [2.45, 2.75) is 17.1 Å². The average molecular weight is 368 g/mol. The number of aliphatic hydroxyl groups excluding tert-OH is 1. The van der Waals surface area contributed by atoms with E-state index in [4.69, 9.17) is 4.74 Å². The fraction of sp³-hybridized carbons (Fsp3) is 0.158. The smallest absolute Gasteiger partial charge is 0.138 e. The van der Waals surface area contributed by atoms with Crippen molar-refractivity contribution in [3.05, 3.63) is 59.3 Å². The van der Waals surface area contributed by atoms with Crippen molar-refractivity contribution in [2.24, 2.45) is 0 Å². The predicted octanol–water partition coefficient (Wildman–Crippen LogP) is 5.28. The number of hydrogen-bond acceptors (Lipinski definition) is 6. The number of allylic oxidation sites excluding steroid dienone is 1. The SMILES string of the molecule is COc1ccc(SC(C)/C(O)=C(\C#N)c2nc3ccccc3s2)cc1. The molecule has 1 atom stereocenters. The number of aromatic nitrogens is 1. The van der Waals surface area contributed by atoms with Crippen LogP contribution in [0, 0.1) is 11.3 Å². The minimum atomic E-state index is -0.268. The summed E-state index contributed by atoms with van der Waals surface area (Å²) in [5.41, 5.74) is 1.06. The van der Waals surface area contributed by atoms with Crippen molar-refractivity contribution in [3.63, 3.8) is 0 Å². The van der Waals surface area contributed by atoms with Gasteiger partial charge in [0.05, 0.1) is 22.6 Å². The molecule has 4 nitrogen and oxygen atoms in total. The number of rotatable bonds is 5. The Morgan fingerprint density at radius 2 is 1.96 bits per heavy atom. The second kappa shape index (κ2) is 7.60. The predicted molar refractivity (Wildman–Crippen MR) is 103 cm³/mol. The van der Waals surface area contributed by atoms with Gasteiger partial charge in [-0.25, -0.2) is 4.98 Å². The van der Waals surface area contributed by atoms with E-state index in [2.05, 4.69) is 11.1 Å². The lowest BCUT2D eigenvalue weighted by Gasteiger charge is -2.12. The summed E-state index contributed by atoms with van der Waals surface area (Å²) in [5, 5.41) is 20.4. The molecule has 0 saturated carbocycles. The molecule has 2 aromatic carbocycles. The highest BCUT2D eigenvalue weighted by molar-refractivity contribution is 8.00. The van der Waals surface area contributed by atoms with Crippen molar-refractivity contribution in [2.75, 3.05) is 7.11 Å². The second-order valence-corrected chi connectivity index (χ2v) is 7.74. The van der Waals surface area contributed by atoms with Gasteiger partial charge >= 0.3 is 0 Å². The first-order chi connectivity index (χ1) is 12.1. The van der Waals surface area contributed by atoms with Gasteiger partial charge in [-0.05, 0) is 43.3 Å². The van der Waals surface area contributed by atoms with Crippen molar-refractivity contribution in [3.8, 4) is 11.8 Å². The van der Waals surface area contributed by atoms with Gasteiger partial charge in [0.2, 0.25) is 0 Å². The van der Waals surface area contributed by atoms with Crippen LogP contribution in [0.4, 0.5) is 0 Å². The Bertz CT molecular complexity index is 922. The zero-order chi connectivity index (χ0) is 17.8. The number of para-hydroxylation sites is 1. The first kappa shape index (κ1) is 17.3. The molecule has 126 valence electrons. The van der Waals surface area contributed by atoms with Gasteiger partial charge in [0, 0.05) is 4.90 Å². The summed E-state index contributed by atoms with van der Waals surface area (Å²) in [6, 6.07) is 17.4. The van der Waals surface area contributed by atoms with Crippen LogP contribution in [0.3, 0.4) is 0 Å². The fourth-order valence-corrected chi connectivity index (χ4v) is 4.21. The number of benzene rings is 2. The Kier molecular flexibility index (Phi) is 5.27. The molecular formula is C19H16N2O2S2.